The van der Waals surface area contributed by atoms with Crippen LogP contribution in [0, 0.1) is 0 Å². The van der Waals surface area contributed by atoms with E-state index in [1.165, 1.54) is 0 Å². The highest BCUT2D eigenvalue weighted by Gasteiger charge is 1.92. The molecule has 0 aromatic carbocycles. The molecule has 2 N–H and O–H groups in total. The van der Waals surface area contributed by atoms with Crippen molar-refractivity contribution in [2.45, 2.75) is 0 Å². The van der Waals surface area contributed by atoms with Gasteiger partial charge in [0.25, 0.3) is 6.08 Å². The number of rotatable bonds is 4. The van der Waals surface area contributed by atoms with Gasteiger partial charge in [-0.25, -0.2) is 0 Å². The topological polar surface area (TPSA) is 49.3 Å². The second-order valence-corrected chi connectivity index (χ2v) is 1.52. The van der Waals surface area contributed by atoms with E-state index in [-0.39, 0.29) is 13.1 Å². The van der Waals surface area contributed by atoms with Crippen LogP contribution in [0.4, 0.5) is 8.78 Å². The summed E-state index contributed by atoms with van der Waals surface area (Å²) in [5, 5.41) is 10.3. The lowest BCUT2D eigenvalue weighted by Gasteiger charge is -1.92. The third-order valence-electron chi connectivity index (χ3n) is 0.677. The maximum atomic E-state index is 11.2. The average molecular weight is 151 g/mol. The SMILES string of the molecule is O=C(O)CNCC=C(F)F. The van der Waals surface area contributed by atoms with E-state index in [0.29, 0.717) is 6.08 Å². The first-order valence-electron chi connectivity index (χ1n) is 2.56. The molecule has 3 nitrogen and oxygen atoms in total. The quantitative estimate of drug-likeness (QED) is 0.573. The molecular weight excluding hydrogens is 144 g/mol. The Balaban J connectivity index is 3.21. The number of carboxylic acids is 1. The van der Waals surface area contributed by atoms with E-state index in [9.17, 15) is 13.6 Å². The molecule has 0 amide bonds. The van der Waals surface area contributed by atoms with Gasteiger partial charge >= 0.3 is 5.97 Å². The second kappa shape index (κ2) is 4.87. The number of hydrogen-bond acceptors (Lipinski definition) is 2. The molecule has 0 rings (SSSR count). The summed E-state index contributed by atoms with van der Waals surface area (Å²) < 4.78 is 22.5. The smallest absolute Gasteiger partial charge is 0.317 e. The molecule has 0 aliphatic heterocycles. The summed E-state index contributed by atoms with van der Waals surface area (Å²) in [4.78, 5) is 9.77. The zero-order valence-corrected chi connectivity index (χ0v) is 5.10. The summed E-state index contributed by atoms with van der Waals surface area (Å²) in [7, 11) is 0. The summed E-state index contributed by atoms with van der Waals surface area (Å²) in [5.74, 6) is -1.06. The zero-order chi connectivity index (χ0) is 7.98. The lowest BCUT2D eigenvalue weighted by Crippen LogP contribution is -2.22. The number of aliphatic carboxylic acids is 1. The Kier molecular flexibility index (Phi) is 4.39. The predicted octanol–water partition coefficient (Wildman–Crippen LogP) is 0.441. The lowest BCUT2D eigenvalue weighted by molar-refractivity contribution is -0.135. The third kappa shape index (κ3) is 7.03. The molecule has 0 atom stereocenters. The minimum atomic E-state index is -1.81. The molecule has 0 saturated heterocycles. The van der Waals surface area contributed by atoms with Crippen LogP contribution in [0.2, 0.25) is 0 Å². The Morgan fingerprint density at radius 1 is 1.60 bits per heavy atom. The summed E-state index contributed by atoms with van der Waals surface area (Å²) in [6, 6.07) is 0. The standard InChI is InChI=1S/C5H7F2NO2/c6-4(7)1-2-8-3-5(9)10/h1,8H,2-3H2,(H,9,10). The number of hydrogen-bond donors (Lipinski definition) is 2. The second-order valence-electron chi connectivity index (χ2n) is 1.52. The van der Waals surface area contributed by atoms with Gasteiger partial charge in [-0.3, -0.25) is 4.79 Å². The van der Waals surface area contributed by atoms with Crippen LogP contribution in [0.25, 0.3) is 0 Å². The fourth-order valence-corrected chi connectivity index (χ4v) is 0.328. The highest BCUT2D eigenvalue weighted by atomic mass is 19.3. The fourth-order valence-electron chi connectivity index (χ4n) is 0.328. The van der Waals surface area contributed by atoms with Gasteiger partial charge in [-0.1, -0.05) is 0 Å². The van der Waals surface area contributed by atoms with Gasteiger partial charge in [-0.05, 0) is 6.08 Å². The first-order chi connectivity index (χ1) is 4.63. The van der Waals surface area contributed by atoms with Crippen LogP contribution in [0.5, 0.6) is 0 Å². The summed E-state index contributed by atoms with van der Waals surface area (Å²) in [6.07, 6.45) is -1.19. The van der Waals surface area contributed by atoms with Crippen molar-refractivity contribution in [3.8, 4) is 0 Å². The number of halogens is 2. The van der Waals surface area contributed by atoms with Gasteiger partial charge in [0.1, 0.15) is 0 Å². The van der Waals surface area contributed by atoms with Gasteiger partial charge in [-0.15, -0.1) is 0 Å². The number of carbonyl (C=O) groups is 1. The van der Waals surface area contributed by atoms with Crippen molar-refractivity contribution in [1.29, 1.82) is 0 Å². The fraction of sp³-hybridized carbons (Fsp3) is 0.400. The van der Waals surface area contributed by atoms with Crippen LogP contribution in [0.1, 0.15) is 0 Å². The minimum Gasteiger partial charge on any atom is -0.480 e. The number of carboxylic acid groups (broad SMARTS) is 1. The van der Waals surface area contributed by atoms with Crippen molar-refractivity contribution in [2.24, 2.45) is 0 Å². The van der Waals surface area contributed by atoms with Crippen LogP contribution in [-0.2, 0) is 4.79 Å². The molecule has 58 valence electrons. The van der Waals surface area contributed by atoms with Crippen molar-refractivity contribution in [3.05, 3.63) is 12.2 Å². The molecule has 0 saturated carbocycles. The summed E-state index contributed by atoms with van der Waals surface area (Å²) in [5.41, 5.74) is 0. The van der Waals surface area contributed by atoms with Gasteiger partial charge in [0.15, 0.2) is 0 Å². The van der Waals surface area contributed by atoms with Crippen LogP contribution in [0.3, 0.4) is 0 Å². The summed E-state index contributed by atoms with van der Waals surface area (Å²) in [6.45, 7) is -0.418. The molecular formula is C5H7F2NO2. The van der Waals surface area contributed by atoms with Crippen LogP contribution in [-0.4, -0.2) is 24.2 Å². The van der Waals surface area contributed by atoms with Gasteiger partial charge in [0.2, 0.25) is 0 Å². The van der Waals surface area contributed by atoms with E-state index in [0.717, 1.165) is 0 Å². The van der Waals surface area contributed by atoms with Crippen LogP contribution >= 0.6 is 0 Å². The van der Waals surface area contributed by atoms with Crippen molar-refractivity contribution >= 4 is 5.97 Å². The van der Waals surface area contributed by atoms with E-state index in [2.05, 4.69) is 5.32 Å². The van der Waals surface area contributed by atoms with E-state index in [4.69, 9.17) is 5.11 Å². The largest absolute Gasteiger partial charge is 0.480 e. The lowest BCUT2D eigenvalue weighted by atomic mass is 10.5. The highest BCUT2D eigenvalue weighted by molar-refractivity contribution is 5.68. The monoisotopic (exact) mass is 151 g/mol. The van der Waals surface area contributed by atoms with Gasteiger partial charge in [0, 0.05) is 6.54 Å². The molecule has 0 aliphatic rings. The zero-order valence-electron chi connectivity index (χ0n) is 5.10. The Morgan fingerprint density at radius 2 is 2.20 bits per heavy atom. The molecule has 0 aromatic rings. The molecule has 0 fully saturated rings. The first kappa shape index (κ1) is 9.03. The Bertz CT molecular complexity index is 143. The predicted molar refractivity (Wildman–Crippen MR) is 30.8 cm³/mol. The maximum Gasteiger partial charge on any atom is 0.317 e. The molecule has 0 bridgehead atoms. The molecule has 0 unspecified atom stereocenters. The molecule has 0 heterocycles. The van der Waals surface area contributed by atoms with Gasteiger partial charge in [0.05, 0.1) is 6.54 Å². The van der Waals surface area contributed by atoms with Crippen molar-refractivity contribution < 1.29 is 18.7 Å². The highest BCUT2D eigenvalue weighted by Crippen LogP contribution is 1.93. The third-order valence-corrected chi connectivity index (χ3v) is 0.677. The summed E-state index contributed by atoms with van der Waals surface area (Å²) >= 11 is 0. The van der Waals surface area contributed by atoms with Gasteiger partial charge < -0.3 is 10.4 Å². The molecule has 0 spiro atoms. The van der Waals surface area contributed by atoms with E-state index in [1.54, 1.807) is 0 Å². The molecule has 0 aliphatic carbocycles. The minimum absolute atomic E-state index is 0.116. The molecule has 0 aromatic heterocycles. The molecule has 0 radical (unpaired) electrons. The normalized spacial score (nSPS) is 9.00. The van der Waals surface area contributed by atoms with E-state index in [1.807, 2.05) is 0 Å². The van der Waals surface area contributed by atoms with Crippen LogP contribution < -0.4 is 5.32 Å². The number of nitrogens with one attached hydrogen (secondary N) is 1. The Labute approximate surface area is 56.3 Å². The van der Waals surface area contributed by atoms with E-state index < -0.39 is 12.0 Å². The van der Waals surface area contributed by atoms with E-state index >= 15 is 0 Å². The first-order valence-corrected chi connectivity index (χ1v) is 2.56. The van der Waals surface area contributed by atoms with Crippen molar-refractivity contribution in [2.75, 3.05) is 13.1 Å². The van der Waals surface area contributed by atoms with Gasteiger partial charge in [-0.2, -0.15) is 8.78 Å². The maximum absolute atomic E-state index is 11.2. The average Bonchev–Trinajstić information content (AvgIpc) is 1.79. The van der Waals surface area contributed by atoms with Crippen molar-refractivity contribution in [1.82, 2.24) is 5.32 Å². The van der Waals surface area contributed by atoms with Crippen LogP contribution in [0.15, 0.2) is 12.2 Å². The Morgan fingerprint density at radius 3 is 2.60 bits per heavy atom. The Hall–Kier alpha value is -0.970. The van der Waals surface area contributed by atoms with Crippen molar-refractivity contribution in [3.63, 3.8) is 0 Å². The molecule has 5 heteroatoms. The molecule has 10 heavy (non-hydrogen) atoms.